The van der Waals surface area contributed by atoms with Crippen LogP contribution in [-0.4, -0.2) is 47.8 Å². The minimum atomic E-state index is -5.08. The molecule has 0 aliphatic carbocycles. The van der Waals surface area contributed by atoms with Gasteiger partial charge in [-0.05, 0) is 24.3 Å². The number of rotatable bonds is 6. The van der Waals surface area contributed by atoms with Gasteiger partial charge in [-0.15, -0.1) is 0 Å². The molecule has 0 unspecified atom stereocenters. The molecule has 2 aromatic carbocycles. The number of halogens is 3. The topological polar surface area (TPSA) is 66.8 Å². The zero-order valence-corrected chi connectivity index (χ0v) is 16.3. The summed E-state index contributed by atoms with van der Waals surface area (Å²) in [6.45, 7) is -0.0985. The smallest absolute Gasteiger partial charge is 0.430 e. The number of aliphatic carboxylic acids is 1. The van der Waals surface area contributed by atoms with Crippen LogP contribution in [0.4, 0.5) is 13.2 Å². The molecule has 1 fully saturated rings. The molecule has 30 heavy (non-hydrogen) atoms. The van der Waals surface area contributed by atoms with Crippen molar-refractivity contribution in [3.63, 3.8) is 0 Å². The second kappa shape index (κ2) is 8.47. The van der Waals surface area contributed by atoms with E-state index >= 15 is 0 Å². The van der Waals surface area contributed by atoms with Crippen LogP contribution in [0.5, 0.6) is 0 Å². The van der Waals surface area contributed by atoms with Gasteiger partial charge in [-0.1, -0.05) is 60.7 Å². The zero-order valence-electron chi connectivity index (χ0n) is 16.3. The normalized spacial score (nSPS) is 21.3. The number of carboxylic acids is 1. The van der Waals surface area contributed by atoms with Gasteiger partial charge in [-0.2, -0.15) is 13.2 Å². The van der Waals surface area contributed by atoms with Gasteiger partial charge in [0.05, 0.1) is 0 Å². The quantitative estimate of drug-likeness (QED) is 0.774. The van der Waals surface area contributed by atoms with Crippen LogP contribution >= 0.6 is 0 Å². The Morgan fingerprint density at radius 2 is 1.63 bits per heavy atom. The van der Waals surface area contributed by atoms with Crippen LogP contribution in [-0.2, 0) is 26.3 Å². The monoisotopic (exact) mass is 421 g/mol. The third-order valence-corrected chi connectivity index (χ3v) is 5.49. The summed E-state index contributed by atoms with van der Waals surface area (Å²) < 4.78 is 47.5. The minimum absolute atomic E-state index is 0.0718. The van der Waals surface area contributed by atoms with Crippen LogP contribution in [0.3, 0.4) is 0 Å². The van der Waals surface area contributed by atoms with E-state index in [0.717, 1.165) is 29.7 Å². The van der Waals surface area contributed by atoms with E-state index in [9.17, 15) is 27.9 Å². The first-order valence-corrected chi connectivity index (χ1v) is 9.46. The van der Waals surface area contributed by atoms with Crippen molar-refractivity contribution in [3.8, 4) is 0 Å². The van der Waals surface area contributed by atoms with E-state index in [1.807, 2.05) is 30.3 Å². The molecule has 0 aromatic heterocycles. The molecule has 8 heteroatoms. The van der Waals surface area contributed by atoms with Gasteiger partial charge in [0.2, 0.25) is 0 Å². The molecule has 2 aromatic rings. The van der Waals surface area contributed by atoms with Crippen molar-refractivity contribution in [1.29, 1.82) is 0 Å². The van der Waals surface area contributed by atoms with E-state index in [2.05, 4.69) is 0 Å². The van der Waals surface area contributed by atoms with E-state index in [-0.39, 0.29) is 24.4 Å². The lowest BCUT2D eigenvalue weighted by atomic mass is 9.90. The average Bonchev–Trinajstić information content (AvgIpc) is 3.13. The Bertz CT molecular complexity index is 888. The van der Waals surface area contributed by atoms with Crippen LogP contribution in [0, 0.1) is 5.92 Å². The number of nitrogens with zero attached hydrogens (tertiary/aromatic N) is 1. The third kappa shape index (κ3) is 3.92. The molecule has 1 aliphatic heterocycles. The minimum Gasteiger partial charge on any atom is -0.480 e. The molecule has 1 amide bonds. The first-order valence-electron chi connectivity index (χ1n) is 9.46. The number of hydrogen-bond donors (Lipinski definition) is 1. The number of amides is 1. The maximum Gasteiger partial charge on any atom is 0.430 e. The molecule has 0 spiro atoms. The summed E-state index contributed by atoms with van der Waals surface area (Å²) in [6, 6.07) is 14.4. The molecule has 5 nitrogen and oxygen atoms in total. The molecular formula is C22H22F3NO4. The summed E-state index contributed by atoms with van der Waals surface area (Å²) in [7, 11) is 0.811. The molecule has 0 radical (unpaired) electrons. The van der Waals surface area contributed by atoms with Crippen molar-refractivity contribution < 1.29 is 32.6 Å². The second-order valence-electron chi connectivity index (χ2n) is 7.35. The van der Waals surface area contributed by atoms with Gasteiger partial charge in [0.1, 0.15) is 6.04 Å². The van der Waals surface area contributed by atoms with Crippen molar-refractivity contribution in [2.45, 2.75) is 30.7 Å². The van der Waals surface area contributed by atoms with Gasteiger partial charge in [0, 0.05) is 19.2 Å². The van der Waals surface area contributed by atoms with Crippen molar-refractivity contribution >= 4 is 11.9 Å². The number of alkyl halides is 3. The number of methoxy groups -OCH3 is 1. The summed E-state index contributed by atoms with van der Waals surface area (Å²) in [5.41, 5.74) is -2.73. The van der Waals surface area contributed by atoms with E-state index in [1.165, 1.54) is 18.2 Å². The predicted octanol–water partition coefficient (Wildman–Crippen LogP) is 3.64. The molecule has 0 bridgehead atoms. The first kappa shape index (κ1) is 21.8. The highest BCUT2D eigenvalue weighted by Gasteiger charge is 2.65. The number of carbonyl (C=O) groups excluding carboxylic acids is 1. The number of likely N-dealkylation sites (tertiary alicyclic amines) is 1. The standard InChI is InChI=1S/C22H22F3NO4/c1-30-21(22(23,24)25,17-10-6-3-7-11-17)20(29)26-14-16(13-18(26)19(27)28)12-15-8-4-2-5-9-15/h2-11,16,18H,12-14H2,1H3,(H,27,28)/t16-,18-,21+/m0/s1. The van der Waals surface area contributed by atoms with Gasteiger partial charge in [-0.3, -0.25) is 4.79 Å². The van der Waals surface area contributed by atoms with Gasteiger partial charge >= 0.3 is 12.1 Å². The zero-order chi connectivity index (χ0) is 21.9. The van der Waals surface area contributed by atoms with E-state index in [4.69, 9.17) is 4.74 Å². The Kier molecular flexibility index (Phi) is 6.17. The van der Waals surface area contributed by atoms with Crippen LogP contribution in [0.1, 0.15) is 17.5 Å². The fourth-order valence-electron chi connectivity index (χ4n) is 4.08. The molecule has 160 valence electrons. The van der Waals surface area contributed by atoms with E-state index < -0.39 is 29.7 Å². The number of hydrogen-bond acceptors (Lipinski definition) is 3. The summed E-state index contributed by atoms with van der Waals surface area (Å²) in [4.78, 5) is 25.9. The lowest BCUT2D eigenvalue weighted by molar-refractivity contribution is -0.270. The second-order valence-corrected chi connectivity index (χ2v) is 7.35. The highest BCUT2D eigenvalue weighted by molar-refractivity contribution is 5.91. The third-order valence-electron chi connectivity index (χ3n) is 5.49. The summed E-state index contributed by atoms with van der Waals surface area (Å²) >= 11 is 0. The van der Waals surface area contributed by atoms with Crippen molar-refractivity contribution in [2.75, 3.05) is 13.7 Å². The Labute approximate surface area is 172 Å². The van der Waals surface area contributed by atoms with Gasteiger partial charge < -0.3 is 14.7 Å². The van der Waals surface area contributed by atoms with E-state index in [1.54, 1.807) is 0 Å². The molecule has 1 saturated heterocycles. The van der Waals surface area contributed by atoms with Crippen molar-refractivity contribution in [1.82, 2.24) is 4.90 Å². The molecular weight excluding hydrogens is 399 g/mol. The maximum atomic E-state index is 14.2. The number of ether oxygens (including phenoxy) is 1. The average molecular weight is 421 g/mol. The largest absolute Gasteiger partial charge is 0.480 e. The van der Waals surface area contributed by atoms with Crippen LogP contribution in [0.15, 0.2) is 60.7 Å². The molecule has 3 atom stereocenters. The molecule has 1 heterocycles. The summed E-state index contributed by atoms with van der Waals surface area (Å²) in [5.74, 6) is -3.03. The van der Waals surface area contributed by atoms with Gasteiger partial charge in [0.25, 0.3) is 11.5 Å². The van der Waals surface area contributed by atoms with Crippen LogP contribution in [0.25, 0.3) is 0 Å². The van der Waals surface area contributed by atoms with Crippen LogP contribution in [0.2, 0.25) is 0 Å². The Morgan fingerprint density at radius 3 is 2.13 bits per heavy atom. The van der Waals surface area contributed by atoms with Crippen molar-refractivity contribution in [2.24, 2.45) is 5.92 Å². The molecule has 1 aliphatic rings. The van der Waals surface area contributed by atoms with E-state index in [0.29, 0.717) is 6.42 Å². The maximum absolute atomic E-state index is 14.2. The van der Waals surface area contributed by atoms with Gasteiger partial charge in [0.15, 0.2) is 0 Å². The number of carboxylic acid groups (broad SMARTS) is 1. The Balaban J connectivity index is 1.97. The van der Waals surface area contributed by atoms with Gasteiger partial charge in [-0.25, -0.2) is 4.79 Å². The fourth-order valence-corrected chi connectivity index (χ4v) is 4.08. The highest BCUT2D eigenvalue weighted by atomic mass is 19.4. The molecule has 1 N–H and O–H groups in total. The van der Waals surface area contributed by atoms with Crippen LogP contribution < -0.4 is 0 Å². The Morgan fingerprint density at radius 1 is 1.07 bits per heavy atom. The number of carbonyl (C=O) groups is 2. The van der Waals surface area contributed by atoms with Crippen molar-refractivity contribution in [3.05, 3.63) is 71.8 Å². The lowest BCUT2D eigenvalue weighted by Crippen LogP contribution is -2.58. The summed E-state index contributed by atoms with van der Waals surface area (Å²) in [6.07, 6.45) is -4.55. The molecule has 3 rings (SSSR count). The Hall–Kier alpha value is -2.87. The highest BCUT2D eigenvalue weighted by Crippen LogP contribution is 2.45. The summed E-state index contributed by atoms with van der Waals surface area (Å²) in [5, 5.41) is 9.61. The first-order chi connectivity index (χ1) is 14.2. The fraction of sp³-hybridized carbons (Fsp3) is 0.364. The SMILES string of the molecule is CO[C@@](C(=O)N1C[C@@H](Cc2ccccc2)C[C@H]1C(=O)O)(c1ccccc1)C(F)(F)F. The number of benzene rings is 2. The lowest BCUT2D eigenvalue weighted by Gasteiger charge is -2.37. The predicted molar refractivity (Wildman–Crippen MR) is 103 cm³/mol. The molecule has 0 saturated carbocycles.